The predicted molar refractivity (Wildman–Crippen MR) is 270 cm³/mol. The Hall–Kier alpha value is -1.92. The Bertz CT molecular complexity index is 1730. The molecule has 0 aromatic carbocycles. The van der Waals surface area contributed by atoms with Gasteiger partial charge in [0.2, 0.25) is 0 Å². The summed E-state index contributed by atoms with van der Waals surface area (Å²) >= 11 is 0. The minimum Gasteiger partial charge on any atom is -0.459 e. The van der Waals surface area contributed by atoms with E-state index in [9.17, 15) is 43.2 Å². The number of aliphatic hydroxyl groups excluding tert-OH is 2. The quantitative estimate of drug-likeness (QED) is 0.0468. The van der Waals surface area contributed by atoms with E-state index in [-0.39, 0.29) is 44.4 Å². The summed E-state index contributed by atoms with van der Waals surface area (Å²) in [6.45, 7) is 20.3. The summed E-state index contributed by atoms with van der Waals surface area (Å²) in [4.78, 5) is 42.9. The summed E-state index contributed by atoms with van der Waals surface area (Å²) in [5.41, 5.74) is -4.92. The number of carbonyl (C=O) groups is 3. The number of Topliss-reactive ketones (excluding diaryl/α,β-unsaturated/α-hetero) is 1. The van der Waals surface area contributed by atoms with Gasteiger partial charge < -0.3 is 58.5 Å². The van der Waals surface area contributed by atoms with E-state index in [1.807, 2.05) is 25.9 Å². The maximum absolute atomic E-state index is 14.2. The van der Waals surface area contributed by atoms with Crippen LogP contribution in [-0.2, 0) is 62.1 Å². The molecular formula is C52H97NO18S. The van der Waals surface area contributed by atoms with E-state index >= 15 is 0 Å². The van der Waals surface area contributed by atoms with Crippen molar-refractivity contribution in [2.75, 3.05) is 27.8 Å². The van der Waals surface area contributed by atoms with E-state index in [4.69, 9.17) is 37.7 Å². The molecule has 3 rings (SSSR count). The molecule has 5 N–H and O–H groups in total. The Labute approximate surface area is 432 Å². The van der Waals surface area contributed by atoms with E-state index in [1.54, 1.807) is 48.5 Å². The molecule has 3 heterocycles. The molecule has 0 spiro atoms. The number of hydrogen-bond acceptors (Lipinski definition) is 18. The predicted octanol–water partition coefficient (Wildman–Crippen LogP) is 6.47. The van der Waals surface area contributed by atoms with Gasteiger partial charge in [0.1, 0.15) is 23.6 Å². The Morgan fingerprint density at radius 3 is 1.88 bits per heavy atom. The van der Waals surface area contributed by atoms with Gasteiger partial charge in [0, 0.05) is 37.7 Å². The molecule has 424 valence electrons. The number of rotatable bonds is 21. The van der Waals surface area contributed by atoms with Gasteiger partial charge in [-0.2, -0.15) is 8.42 Å². The maximum atomic E-state index is 14.2. The first-order valence-corrected chi connectivity index (χ1v) is 28.0. The highest BCUT2D eigenvalue weighted by molar-refractivity contribution is 7.80. The topological polar surface area (TPSA) is 264 Å². The second-order valence-electron chi connectivity index (χ2n) is 21.7. The van der Waals surface area contributed by atoms with Crippen LogP contribution in [0, 0.1) is 23.7 Å². The van der Waals surface area contributed by atoms with Gasteiger partial charge >= 0.3 is 22.3 Å². The van der Waals surface area contributed by atoms with Crippen LogP contribution in [0.15, 0.2) is 0 Å². The van der Waals surface area contributed by atoms with Crippen molar-refractivity contribution >= 4 is 28.1 Å². The molecule has 72 heavy (non-hydrogen) atoms. The molecule has 10 unspecified atom stereocenters. The number of methoxy groups -OCH3 is 1. The van der Waals surface area contributed by atoms with Crippen molar-refractivity contribution in [3.63, 3.8) is 0 Å². The van der Waals surface area contributed by atoms with Crippen molar-refractivity contribution in [1.29, 1.82) is 0 Å². The monoisotopic (exact) mass is 1060 g/mol. The van der Waals surface area contributed by atoms with Gasteiger partial charge in [-0.3, -0.25) is 18.9 Å². The Morgan fingerprint density at radius 2 is 1.36 bits per heavy atom. The molecule has 0 amide bonds. The molecule has 3 saturated heterocycles. The molecule has 3 aliphatic rings. The fourth-order valence-corrected chi connectivity index (χ4v) is 10.8. The van der Waals surface area contributed by atoms with Crippen molar-refractivity contribution < 1.29 is 85.1 Å². The van der Waals surface area contributed by atoms with Crippen molar-refractivity contribution in [3.8, 4) is 0 Å². The van der Waals surface area contributed by atoms with Crippen LogP contribution in [0.4, 0.5) is 0 Å². The summed E-state index contributed by atoms with van der Waals surface area (Å²) in [5.74, 6) is -5.59. The molecular weight excluding hydrogens is 959 g/mol. The van der Waals surface area contributed by atoms with E-state index < -0.39 is 124 Å². The molecule has 3 fully saturated rings. The van der Waals surface area contributed by atoms with Gasteiger partial charge in [-0.15, -0.1) is 0 Å². The average molecular weight is 1060 g/mol. The lowest BCUT2D eigenvalue weighted by Crippen LogP contribution is -2.61. The van der Waals surface area contributed by atoms with E-state index in [2.05, 4.69) is 11.1 Å². The third-order valence-electron chi connectivity index (χ3n) is 15.1. The number of carbonyl (C=O) groups excluding carboxylic acids is 3. The van der Waals surface area contributed by atoms with Crippen LogP contribution in [0.3, 0.4) is 0 Å². The first kappa shape index (κ1) is 66.2. The second-order valence-corrected chi connectivity index (χ2v) is 22.8. The highest BCUT2D eigenvalue weighted by atomic mass is 32.3. The van der Waals surface area contributed by atoms with Crippen LogP contribution in [0.1, 0.15) is 179 Å². The Morgan fingerprint density at radius 1 is 0.792 bits per heavy atom. The highest BCUT2D eigenvalue weighted by Crippen LogP contribution is 2.41. The first-order valence-electron chi connectivity index (χ1n) is 26.6. The summed E-state index contributed by atoms with van der Waals surface area (Å²) in [6, 6.07) is -0.319. The van der Waals surface area contributed by atoms with Gasteiger partial charge in [-0.05, 0) is 81.3 Å². The van der Waals surface area contributed by atoms with Gasteiger partial charge in [0.15, 0.2) is 18.7 Å². The van der Waals surface area contributed by atoms with Crippen molar-refractivity contribution in [2.45, 2.75) is 264 Å². The zero-order chi connectivity index (χ0) is 54.9. The second kappa shape index (κ2) is 30.1. The van der Waals surface area contributed by atoms with E-state index in [1.165, 1.54) is 72.8 Å². The number of nitrogens with zero attached hydrogens (tertiary/aromatic N) is 1. The molecule has 0 bridgehead atoms. The summed E-state index contributed by atoms with van der Waals surface area (Å²) < 4.78 is 76.6. The van der Waals surface area contributed by atoms with Gasteiger partial charge in [0.25, 0.3) is 0 Å². The fraction of sp³-hybridized carbons (Fsp3) is 0.942. The lowest BCUT2D eigenvalue weighted by Gasteiger charge is -2.49. The average Bonchev–Trinajstić information content (AvgIpc) is 3.30. The molecule has 18 atom stereocenters. The first-order chi connectivity index (χ1) is 33.4. The number of ketones is 1. The number of ether oxygens (including phenoxy) is 7. The highest BCUT2D eigenvalue weighted by Gasteiger charge is 2.54. The van der Waals surface area contributed by atoms with Crippen LogP contribution < -0.4 is 0 Å². The number of likely N-dealkylation sites (N-methyl/N-ethyl adjacent to an activating group) is 1. The number of unbranched alkanes of at least 4 members (excludes halogenated alkanes) is 9. The standard InChI is InChI=1S/C40H71NO14.C12H26O4S/c1-15-27-40(11,48)33(44)22(5)30(43)20(3)18-38(9,47)35(55-37-32(53-28(42)16-2)26(41(12)13)17-21(4)50-37)23(6)31(24(7)36(46)52-27)54-29-19-39(10,49-14)34(45)25(8)51-29;1-2-3-4-5-6-7-8-9-10-11-12-16-17(13,14)15/h20-27,29,31-35,37,44-45,47-48H,15-19H2,1-14H3;2-12H2,1H3,(H,13,14,15)/t20?,21?,22-,23?,24?,25?,26?,27?,29+,31+,32-,33?,34?,35-,37?,38+,39-,40-;/m1./s1. The van der Waals surface area contributed by atoms with E-state index in [0.29, 0.717) is 12.8 Å². The zero-order valence-electron chi connectivity index (χ0n) is 46.4. The molecule has 3 aliphatic heterocycles. The largest absolute Gasteiger partial charge is 0.459 e. The number of hydrogen-bond donors (Lipinski definition) is 5. The number of esters is 2. The molecule has 0 radical (unpaired) electrons. The van der Waals surface area contributed by atoms with Gasteiger partial charge in [-0.1, -0.05) is 99.3 Å². The summed E-state index contributed by atoms with van der Waals surface area (Å²) in [6.07, 6.45) is 2.17. The maximum Gasteiger partial charge on any atom is 0.397 e. The third-order valence-corrected chi connectivity index (χ3v) is 15.5. The van der Waals surface area contributed by atoms with Crippen molar-refractivity contribution in [2.24, 2.45) is 23.7 Å². The molecule has 0 saturated carbocycles. The lowest BCUT2D eigenvalue weighted by molar-refractivity contribution is -0.319. The zero-order valence-corrected chi connectivity index (χ0v) is 47.2. The minimum absolute atomic E-state index is 0.0760. The smallest absolute Gasteiger partial charge is 0.397 e. The SMILES string of the molecule is CCC(=O)O[C@H]1C(O[C@@H]2C(C)[C@H](O[C@H]3C[C@@](C)(OC)C(O)C(C)O3)C(C)C(=O)OC(CC)[C@@](C)(O)C(O)[C@H](C)C(=O)C(C)C[C@]2(C)O)OC(C)CC1N(C)C.CCCCCCCCCCCCOS(=O)(=O)O. The normalized spacial score (nSPS) is 38.6. The van der Waals surface area contributed by atoms with Crippen LogP contribution in [0.5, 0.6) is 0 Å². The lowest BCUT2D eigenvalue weighted by atomic mass is 9.74. The minimum atomic E-state index is -4.23. The Kier molecular flexibility index (Phi) is 27.7. The van der Waals surface area contributed by atoms with Crippen molar-refractivity contribution in [1.82, 2.24) is 4.90 Å². The fourth-order valence-electron chi connectivity index (χ4n) is 10.5. The summed E-state index contributed by atoms with van der Waals surface area (Å²) in [5, 5.41) is 46.6. The van der Waals surface area contributed by atoms with Crippen LogP contribution in [0.25, 0.3) is 0 Å². The van der Waals surface area contributed by atoms with Gasteiger partial charge in [-0.25, -0.2) is 4.18 Å². The Balaban J connectivity index is 0.000000887. The van der Waals surface area contributed by atoms with Crippen LogP contribution >= 0.6 is 0 Å². The molecule has 19 nitrogen and oxygen atoms in total. The third kappa shape index (κ3) is 19.6. The number of cyclic esters (lactones) is 1. The van der Waals surface area contributed by atoms with Crippen molar-refractivity contribution in [3.05, 3.63) is 0 Å². The van der Waals surface area contributed by atoms with E-state index in [0.717, 1.165) is 12.8 Å². The van der Waals surface area contributed by atoms with Crippen LogP contribution in [0.2, 0.25) is 0 Å². The van der Waals surface area contributed by atoms with Crippen LogP contribution in [-0.4, -0.2) is 168 Å². The molecule has 0 aliphatic carbocycles. The summed E-state index contributed by atoms with van der Waals surface area (Å²) in [7, 11) is 0.973. The molecule has 20 heteroatoms. The number of aliphatic hydroxyl groups is 4. The molecule has 0 aromatic heterocycles. The van der Waals surface area contributed by atoms with Gasteiger partial charge in [0.05, 0.1) is 60.3 Å². The molecule has 0 aromatic rings.